The molecular weight excluding hydrogens is 359 g/mol. The quantitative estimate of drug-likeness (QED) is 0.841. The van der Waals surface area contributed by atoms with Crippen molar-refractivity contribution >= 4 is 28.6 Å². The van der Waals surface area contributed by atoms with Crippen LogP contribution in [0.3, 0.4) is 0 Å². The van der Waals surface area contributed by atoms with Crippen molar-refractivity contribution in [1.29, 1.82) is 0 Å². The van der Waals surface area contributed by atoms with Gasteiger partial charge in [-0.3, -0.25) is 0 Å². The lowest BCUT2D eigenvalue weighted by atomic mass is 10.2. The number of aromatic carboxylic acids is 1. The number of benzene rings is 1. The highest BCUT2D eigenvalue weighted by Gasteiger charge is 2.13. The molecule has 1 heterocycles. The van der Waals surface area contributed by atoms with Crippen LogP contribution < -0.4 is 4.74 Å². The lowest BCUT2D eigenvalue weighted by Gasteiger charge is -2.09. The molecule has 0 saturated carbocycles. The van der Waals surface area contributed by atoms with E-state index in [2.05, 4.69) is 32.6 Å². The molecule has 1 N–H and O–H groups in total. The summed E-state index contributed by atoms with van der Waals surface area (Å²) >= 11 is 2.05. The first-order valence-corrected chi connectivity index (χ1v) is 6.56. The molecule has 0 unspecified atom stereocenters. The summed E-state index contributed by atoms with van der Waals surface area (Å²) in [4.78, 5) is 19.4. The van der Waals surface area contributed by atoms with Crippen LogP contribution in [-0.4, -0.2) is 21.0 Å². The molecule has 0 saturated heterocycles. The third-order valence-electron chi connectivity index (χ3n) is 2.33. The summed E-state index contributed by atoms with van der Waals surface area (Å²) in [5.41, 5.74) is 0.880. The lowest BCUT2D eigenvalue weighted by molar-refractivity contribution is 0.0694. The Hall–Kier alpha value is -1.70. The normalized spacial score (nSPS) is 10.3. The number of hydrogen-bond donors (Lipinski definition) is 1. The van der Waals surface area contributed by atoms with E-state index in [0.29, 0.717) is 11.7 Å². The highest BCUT2D eigenvalue weighted by atomic mass is 127. The number of nitrogens with zero attached hydrogens (tertiary/aromatic N) is 2. The Morgan fingerprint density at radius 2 is 2.00 bits per heavy atom. The van der Waals surface area contributed by atoms with Crippen molar-refractivity contribution in [2.75, 3.05) is 0 Å². The van der Waals surface area contributed by atoms with E-state index < -0.39 is 5.97 Å². The van der Waals surface area contributed by atoms with Crippen LogP contribution in [0.1, 0.15) is 21.9 Å². The number of aryl methyl sites for hydroxylation is 2. The van der Waals surface area contributed by atoms with Gasteiger partial charge in [0.15, 0.2) is 0 Å². The van der Waals surface area contributed by atoms with Gasteiger partial charge in [0.05, 0.1) is 0 Å². The second-order valence-corrected chi connectivity index (χ2v) is 5.19. The van der Waals surface area contributed by atoms with Crippen LogP contribution in [0, 0.1) is 17.4 Å². The van der Waals surface area contributed by atoms with Crippen molar-refractivity contribution in [2.24, 2.45) is 0 Å². The summed E-state index contributed by atoms with van der Waals surface area (Å²) in [5, 5.41) is 9.16. The zero-order valence-corrected chi connectivity index (χ0v) is 12.5. The smallest absolute Gasteiger partial charge is 0.339 e. The van der Waals surface area contributed by atoms with Crippen LogP contribution >= 0.6 is 22.6 Å². The van der Waals surface area contributed by atoms with Gasteiger partial charge in [0.25, 0.3) is 0 Å². The Bertz CT molecular complexity index is 624. The number of rotatable bonds is 3. The number of aromatic nitrogens is 2. The van der Waals surface area contributed by atoms with E-state index in [-0.39, 0.29) is 11.3 Å². The largest absolute Gasteiger partial charge is 0.478 e. The number of carbonyl (C=O) groups is 1. The van der Waals surface area contributed by atoms with Crippen LogP contribution in [0.2, 0.25) is 0 Å². The minimum Gasteiger partial charge on any atom is -0.478 e. The second-order valence-electron chi connectivity index (χ2n) is 3.94. The molecule has 0 aliphatic carbocycles. The Morgan fingerprint density at radius 3 is 2.63 bits per heavy atom. The lowest BCUT2D eigenvalue weighted by Crippen LogP contribution is -2.02. The zero-order chi connectivity index (χ0) is 14.0. The molecular formula is C13H11IN2O3. The first-order chi connectivity index (χ1) is 8.95. The van der Waals surface area contributed by atoms with Gasteiger partial charge in [-0.15, -0.1) is 0 Å². The second kappa shape index (κ2) is 5.52. The molecule has 0 spiro atoms. The van der Waals surface area contributed by atoms with Gasteiger partial charge < -0.3 is 9.84 Å². The minimum atomic E-state index is -1.03. The maximum Gasteiger partial charge on any atom is 0.339 e. The fourth-order valence-electron chi connectivity index (χ4n) is 1.61. The molecule has 19 heavy (non-hydrogen) atoms. The Balaban J connectivity index is 2.40. The van der Waals surface area contributed by atoms with Crippen molar-refractivity contribution < 1.29 is 14.6 Å². The van der Waals surface area contributed by atoms with Crippen molar-refractivity contribution in [3.8, 4) is 11.6 Å². The molecule has 0 aliphatic rings. The first-order valence-electron chi connectivity index (χ1n) is 5.48. The standard InChI is InChI=1S/C13H11IN2O3/c1-7-5-12(16-8(2)15-7)19-11-4-3-9(14)6-10(11)13(17)18/h3-6H,1-2H3,(H,17,18). The van der Waals surface area contributed by atoms with Gasteiger partial charge in [-0.05, 0) is 54.6 Å². The molecule has 98 valence electrons. The van der Waals surface area contributed by atoms with E-state index in [0.717, 1.165) is 9.26 Å². The molecule has 6 heteroatoms. The molecule has 0 fully saturated rings. The molecule has 5 nitrogen and oxygen atoms in total. The molecule has 2 aromatic rings. The van der Waals surface area contributed by atoms with Crippen molar-refractivity contribution in [3.63, 3.8) is 0 Å². The molecule has 0 aliphatic heterocycles. The Kier molecular flexibility index (Phi) is 3.98. The first kappa shape index (κ1) is 13.7. The number of ether oxygens (including phenoxy) is 1. The van der Waals surface area contributed by atoms with Crippen LogP contribution in [0.4, 0.5) is 0 Å². The molecule has 2 rings (SSSR count). The highest BCUT2D eigenvalue weighted by Crippen LogP contribution is 2.26. The maximum absolute atomic E-state index is 11.2. The number of carboxylic acids is 1. The molecule has 0 radical (unpaired) electrons. The fourth-order valence-corrected chi connectivity index (χ4v) is 2.10. The number of halogens is 1. The van der Waals surface area contributed by atoms with Crippen LogP contribution in [0.15, 0.2) is 24.3 Å². The molecule has 0 amide bonds. The van der Waals surface area contributed by atoms with Crippen molar-refractivity contribution in [3.05, 3.63) is 44.9 Å². The minimum absolute atomic E-state index is 0.112. The van der Waals surface area contributed by atoms with Gasteiger partial charge in [-0.2, -0.15) is 4.98 Å². The average Bonchev–Trinajstić information content (AvgIpc) is 2.30. The topological polar surface area (TPSA) is 72.3 Å². The monoisotopic (exact) mass is 370 g/mol. The maximum atomic E-state index is 11.2. The Morgan fingerprint density at radius 1 is 1.26 bits per heavy atom. The van der Waals surface area contributed by atoms with E-state index >= 15 is 0 Å². The predicted molar refractivity (Wildman–Crippen MR) is 77.7 cm³/mol. The summed E-state index contributed by atoms with van der Waals surface area (Å²) in [5.74, 6) is 0.160. The molecule has 0 atom stereocenters. The van der Waals surface area contributed by atoms with Gasteiger partial charge in [-0.1, -0.05) is 0 Å². The Labute approximate surface area is 123 Å². The fraction of sp³-hybridized carbons (Fsp3) is 0.154. The zero-order valence-electron chi connectivity index (χ0n) is 10.3. The van der Waals surface area contributed by atoms with Crippen LogP contribution in [-0.2, 0) is 0 Å². The van der Waals surface area contributed by atoms with E-state index in [1.165, 1.54) is 0 Å². The summed E-state index contributed by atoms with van der Waals surface area (Å²) in [6.45, 7) is 3.58. The highest BCUT2D eigenvalue weighted by molar-refractivity contribution is 14.1. The van der Waals surface area contributed by atoms with E-state index in [1.54, 1.807) is 31.2 Å². The van der Waals surface area contributed by atoms with E-state index in [9.17, 15) is 4.79 Å². The van der Waals surface area contributed by atoms with Crippen molar-refractivity contribution in [1.82, 2.24) is 9.97 Å². The van der Waals surface area contributed by atoms with Gasteiger partial charge in [0.2, 0.25) is 5.88 Å². The van der Waals surface area contributed by atoms with Crippen LogP contribution in [0.5, 0.6) is 11.6 Å². The van der Waals surface area contributed by atoms with Gasteiger partial charge in [0.1, 0.15) is 17.1 Å². The van der Waals surface area contributed by atoms with E-state index in [1.807, 2.05) is 6.92 Å². The van der Waals surface area contributed by atoms with Gasteiger partial charge in [0, 0.05) is 15.3 Å². The summed E-state index contributed by atoms with van der Waals surface area (Å²) < 4.78 is 6.38. The summed E-state index contributed by atoms with van der Waals surface area (Å²) in [7, 11) is 0. The molecule has 1 aromatic heterocycles. The summed E-state index contributed by atoms with van der Waals surface area (Å²) in [6.07, 6.45) is 0. The van der Waals surface area contributed by atoms with Crippen molar-refractivity contribution in [2.45, 2.75) is 13.8 Å². The van der Waals surface area contributed by atoms with Gasteiger partial charge in [-0.25, -0.2) is 9.78 Å². The van der Waals surface area contributed by atoms with Crippen LogP contribution in [0.25, 0.3) is 0 Å². The van der Waals surface area contributed by atoms with Gasteiger partial charge >= 0.3 is 5.97 Å². The molecule has 0 bridgehead atoms. The van der Waals surface area contributed by atoms with E-state index in [4.69, 9.17) is 9.84 Å². The average molecular weight is 370 g/mol. The number of hydrogen-bond acceptors (Lipinski definition) is 4. The molecule has 1 aromatic carbocycles. The predicted octanol–water partition coefficient (Wildman–Crippen LogP) is 3.19. The third-order valence-corrected chi connectivity index (χ3v) is 3.00. The number of carboxylic acid groups (broad SMARTS) is 1. The SMILES string of the molecule is Cc1cc(Oc2ccc(I)cc2C(=O)O)nc(C)n1. The third kappa shape index (κ3) is 3.40. The summed E-state index contributed by atoms with van der Waals surface area (Å²) in [6, 6.07) is 6.62.